The molecule has 8 nitrogen and oxygen atoms in total. The molecule has 2 rings (SSSR count). The molecule has 2 heterocycles. The lowest BCUT2D eigenvalue weighted by Gasteiger charge is -2.34. The van der Waals surface area contributed by atoms with Crippen molar-refractivity contribution >= 4 is 11.9 Å². The van der Waals surface area contributed by atoms with Gasteiger partial charge in [-0.2, -0.15) is 5.10 Å². The fourth-order valence-corrected chi connectivity index (χ4v) is 2.89. The topological polar surface area (TPSA) is 83.4 Å². The maximum Gasteiger partial charge on any atom is 0.317 e. The number of likely N-dealkylation sites (tertiary alicyclic amines) is 1. The number of nitrogens with zero attached hydrogens (tertiary/aromatic N) is 5. The highest BCUT2D eigenvalue weighted by atomic mass is 16.2. The van der Waals surface area contributed by atoms with Crippen LogP contribution in [0.5, 0.6) is 0 Å². The van der Waals surface area contributed by atoms with Crippen LogP contribution in [-0.2, 0) is 11.3 Å². The average molecular weight is 322 g/mol. The Morgan fingerprint density at radius 1 is 1.35 bits per heavy atom. The number of carbonyl (C=O) groups excluding carboxylic acids is 2. The summed E-state index contributed by atoms with van der Waals surface area (Å²) in [6.07, 6.45) is 4.81. The fourth-order valence-electron chi connectivity index (χ4n) is 2.89. The van der Waals surface area contributed by atoms with Gasteiger partial charge in [-0.25, -0.2) is 9.78 Å². The Morgan fingerprint density at radius 3 is 2.78 bits per heavy atom. The van der Waals surface area contributed by atoms with Crippen LogP contribution in [0.25, 0.3) is 0 Å². The second-order valence-electron chi connectivity index (χ2n) is 5.69. The van der Waals surface area contributed by atoms with E-state index >= 15 is 0 Å². The third-order valence-electron chi connectivity index (χ3n) is 4.22. The van der Waals surface area contributed by atoms with Crippen LogP contribution < -0.4 is 5.32 Å². The number of rotatable bonds is 6. The molecular weight excluding hydrogens is 296 g/mol. The van der Waals surface area contributed by atoms with Crippen LogP contribution in [0.3, 0.4) is 0 Å². The summed E-state index contributed by atoms with van der Waals surface area (Å²) in [4.78, 5) is 32.1. The summed E-state index contributed by atoms with van der Waals surface area (Å²) in [5.41, 5.74) is 0. The summed E-state index contributed by atoms with van der Waals surface area (Å²) in [5, 5.41) is 6.87. The van der Waals surface area contributed by atoms with E-state index in [0.29, 0.717) is 26.2 Å². The number of nitrogens with one attached hydrogen (secondary N) is 1. The maximum absolute atomic E-state index is 12.4. The summed E-state index contributed by atoms with van der Waals surface area (Å²) in [5.74, 6) is 0.0832. The van der Waals surface area contributed by atoms with Gasteiger partial charge in [-0.3, -0.25) is 9.48 Å². The first-order valence-electron chi connectivity index (χ1n) is 8.29. The van der Waals surface area contributed by atoms with Crippen LogP contribution in [0.1, 0.15) is 26.7 Å². The maximum atomic E-state index is 12.4. The molecule has 1 atom stereocenters. The van der Waals surface area contributed by atoms with E-state index in [-0.39, 0.29) is 17.9 Å². The van der Waals surface area contributed by atoms with Gasteiger partial charge in [0.1, 0.15) is 12.7 Å². The van der Waals surface area contributed by atoms with E-state index in [4.69, 9.17) is 0 Å². The predicted molar refractivity (Wildman–Crippen MR) is 85.6 cm³/mol. The Kier molecular flexibility index (Phi) is 6.37. The van der Waals surface area contributed by atoms with Crippen molar-refractivity contribution in [3.63, 3.8) is 0 Å². The molecular formula is C15H26N6O2. The molecule has 0 bridgehead atoms. The van der Waals surface area contributed by atoms with E-state index in [0.717, 1.165) is 25.9 Å². The lowest BCUT2D eigenvalue weighted by Crippen LogP contribution is -2.50. The van der Waals surface area contributed by atoms with Gasteiger partial charge in [-0.1, -0.05) is 0 Å². The number of amides is 3. The van der Waals surface area contributed by atoms with E-state index in [1.165, 1.54) is 6.33 Å². The van der Waals surface area contributed by atoms with Crippen LogP contribution in [0.2, 0.25) is 0 Å². The minimum atomic E-state index is -0.109. The summed E-state index contributed by atoms with van der Waals surface area (Å²) in [7, 11) is 0. The van der Waals surface area contributed by atoms with Crippen molar-refractivity contribution in [1.29, 1.82) is 0 Å². The molecule has 1 fully saturated rings. The quantitative estimate of drug-likeness (QED) is 0.830. The SMILES string of the molecule is CCN(CC)C(=O)[C@@H]1CCCN(C(=O)NCCn2cncn2)C1. The van der Waals surface area contributed by atoms with Gasteiger partial charge in [0.25, 0.3) is 0 Å². The van der Waals surface area contributed by atoms with E-state index in [1.807, 2.05) is 18.7 Å². The lowest BCUT2D eigenvalue weighted by atomic mass is 9.96. The summed E-state index contributed by atoms with van der Waals surface area (Å²) in [6, 6.07) is -0.109. The van der Waals surface area contributed by atoms with Crippen LogP contribution in [0.15, 0.2) is 12.7 Å². The first-order valence-corrected chi connectivity index (χ1v) is 8.29. The van der Waals surface area contributed by atoms with Crippen molar-refractivity contribution in [2.45, 2.75) is 33.2 Å². The number of aromatic nitrogens is 3. The van der Waals surface area contributed by atoms with Gasteiger partial charge in [0.2, 0.25) is 5.91 Å². The van der Waals surface area contributed by atoms with Gasteiger partial charge in [-0.05, 0) is 26.7 Å². The number of hydrogen-bond donors (Lipinski definition) is 1. The Labute approximate surface area is 136 Å². The number of urea groups is 1. The number of piperidine rings is 1. The van der Waals surface area contributed by atoms with E-state index in [2.05, 4.69) is 15.4 Å². The highest BCUT2D eigenvalue weighted by Gasteiger charge is 2.30. The van der Waals surface area contributed by atoms with Crippen molar-refractivity contribution in [1.82, 2.24) is 29.9 Å². The molecule has 128 valence electrons. The van der Waals surface area contributed by atoms with E-state index in [9.17, 15) is 9.59 Å². The monoisotopic (exact) mass is 322 g/mol. The van der Waals surface area contributed by atoms with Crippen LogP contribution >= 0.6 is 0 Å². The second-order valence-corrected chi connectivity index (χ2v) is 5.69. The summed E-state index contributed by atoms with van der Waals surface area (Å²) < 4.78 is 1.67. The third kappa shape index (κ3) is 4.67. The van der Waals surface area contributed by atoms with Gasteiger partial charge in [-0.15, -0.1) is 0 Å². The van der Waals surface area contributed by atoms with Gasteiger partial charge < -0.3 is 15.1 Å². The van der Waals surface area contributed by atoms with Crippen molar-refractivity contribution in [3.05, 3.63) is 12.7 Å². The van der Waals surface area contributed by atoms with Crippen molar-refractivity contribution in [2.75, 3.05) is 32.7 Å². The van der Waals surface area contributed by atoms with Crippen LogP contribution in [0, 0.1) is 5.92 Å². The van der Waals surface area contributed by atoms with Gasteiger partial charge >= 0.3 is 6.03 Å². The molecule has 1 saturated heterocycles. The molecule has 1 aliphatic heterocycles. The molecule has 0 unspecified atom stereocenters. The van der Waals surface area contributed by atoms with Gasteiger partial charge in [0.05, 0.1) is 12.5 Å². The highest BCUT2D eigenvalue weighted by Crippen LogP contribution is 2.19. The van der Waals surface area contributed by atoms with Crippen LogP contribution in [0.4, 0.5) is 4.79 Å². The zero-order chi connectivity index (χ0) is 16.7. The van der Waals surface area contributed by atoms with Crippen LogP contribution in [-0.4, -0.2) is 69.2 Å². The largest absolute Gasteiger partial charge is 0.343 e. The Morgan fingerprint density at radius 2 is 2.13 bits per heavy atom. The van der Waals surface area contributed by atoms with Crippen molar-refractivity contribution in [3.8, 4) is 0 Å². The van der Waals surface area contributed by atoms with Gasteiger partial charge in [0.15, 0.2) is 0 Å². The Balaban J connectivity index is 1.80. The normalized spacial score (nSPS) is 17.8. The highest BCUT2D eigenvalue weighted by molar-refractivity contribution is 5.81. The molecule has 1 aliphatic rings. The molecule has 1 N–H and O–H groups in total. The predicted octanol–water partition coefficient (Wildman–Crippen LogP) is 0.568. The summed E-state index contributed by atoms with van der Waals surface area (Å²) >= 11 is 0. The standard InChI is InChI=1S/C15H26N6O2/c1-3-19(4-2)14(22)13-6-5-8-20(10-13)15(23)17-7-9-21-12-16-11-18-21/h11-13H,3-10H2,1-2H3,(H,17,23)/t13-/m1/s1. The minimum Gasteiger partial charge on any atom is -0.343 e. The first-order chi connectivity index (χ1) is 11.2. The molecule has 0 radical (unpaired) electrons. The minimum absolute atomic E-state index is 0.0790. The smallest absolute Gasteiger partial charge is 0.317 e. The fraction of sp³-hybridized carbons (Fsp3) is 0.733. The number of carbonyl (C=O) groups is 2. The second kappa shape index (κ2) is 8.50. The van der Waals surface area contributed by atoms with E-state index < -0.39 is 0 Å². The zero-order valence-corrected chi connectivity index (χ0v) is 13.9. The first kappa shape index (κ1) is 17.2. The van der Waals surface area contributed by atoms with Crippen molar-refractivity contribution in [2.24, 2.45) is 5.92 Å². The summed E-state index contributed by atoms with van der Waals surface area (Å²) in [6.45, 7) is 7.69. The molecule has 0 aliphatic carbocycles. The molecule has 8 heteroatoms. The molecule has 0 spiro atoms. The zero-order valence-electron chi connectivity index (χ0n) is 13.9. The average Bonchev–Trinajstić information content (AvgIpc) is 3.09. The van der Waals surface area contributed by atoms with Gasteiger partial charge in [0, 0.05) is 32.7 Å². The molecule has 0 saturated carbocycles. The Bertz CT molecular complexity index is 500. The molecule has 0 aromatic carbocycles. The molecule has 23 heavy (non-hydrogen) atoms. The molecule has 1 aromatic rings. The van der Waals surface area contributed by atoms with E-state index in [1.54, 1.807) is 15.9 Å². The number of hydrogen-bond acceptors (Lipinski definition) is 4. The third-order valence-corrected chi connectivity index (χ3v) is 4.22. The van der Waals surface area contributed by atoms with Crippen molar-refractivity contribution < 1.29 is 9.59 Å². The molecule has 1 aromatic heterocycles. The molecule has 3 amide bonds. The Hall–Kier alpha value is -2.12. The lowest BCUT2D eigenvalue weighted by molar-refractivity contribution is -0.136.